The van der Waals surface area contributed by atoms with Crippen molar-refractivity contribution in [1.29, 1.82) is 0 Å². The molecule has 3 aromatic rings. The number of rotatable bonds is 4. The van der Waals surface area contributed by atoms with Crippen molar-refractivity contribution < 1.29 is 19.0 Å². The third kappa shape index (κ3) is 3.83. The highest BCUT2D eigenvalue weighted by molar-refractivity contribution is 6.07. The van der Waals surface area contributed by atoms with Gasteiger partial charge in [0.15, 0.2) is 5.79 Å². The van der Waals surface area contributed by atoms with Crippen LogP contribution in [0.4, 0.5) is 0 Å². The number of aromatic nitrogens is 1. The average Bonchev–Trinajstić information content (AvgIpc) is 3.28. The molecule has 0 aliphatic carbocycles. The van der Waals surface area contributed by atoms with E-state index in [1.54, 1.807) is 0 Å². The van der Waals surface area contributed by atoms with E-state index in [9.17, 15) is 4.79 Å². The standard InChI is InChI=1S/C25H26N2O4/c1-29-24(28)23-21(17-27-13-11-25(12-14-27)30-15-16-31-25)26-20-10-6-5-9-19(20)22(23)18-7-3-2-4-8-18/h2-10H,11-17H2,1H3. The zero-order chi connectivity index (χ0) is 21.3. The van der Waals surface area contributed by atoms with Crippen LogP contribution in [0.3, 0.4) is 0 Å². The van der Waals surface area contributed by atoms with Crippen LogP contribution in [0.5, 0.6) is 0 Å². The molecule has 1 spiro atoms. The van der Waals surface area contributed by atoms with Crippen LogP contribution in [0.1, 0.15) is 28.9 Å². The van der Waals surface area contributed by atoms with Crippen molar-refractivity contribution in [1.82, 2.24) is 9.88 Å². The number of esters is 1. The summed E-state index contributed by atoms with van der Waals surface area (Å²) in [5.41, 5.74) is 4.02. The Kier molecular flexibility index (Phi) is 5.44. The molecule has 6 nitrogen and oxygen atoms in total. The van der Waals surface area contributed by atoms with Crippen LogP contribution >= 0.6 is 0 Å². The SMILES string of the molecule is COC(=O)c1c(CN2CCC3(CC2)OCCO3)nc2ccccc2c1-c1ccccc1. The number of hydrogen-bond donors (Lipinski definition) is 0. The highest BCUT2D eigenvalue weighted by atomic mass is 16.7. The smallest absolute Gasteiger partial charge is 0.340 e. The summed E-state index contributed by atoms with van der Waals surface area (Å²) in [5.74, 6) is -0.781. The van der Waals surface area contributed by atoms with Crippen LogP contribution in [-0.2, 0) is 20.8 Å². The third-order valence-corrected chi connectivity index (χ3v) is 6.22. The molecule has 160 valence electrons. The van der Waals surface area contributed by atoms with Crippen molar-refractivity contribution >= 4 is 16.9 Å². The first-order valence-electron chi connectivity index (χ1n) is 10.7. The Labute approximate surface area is 181 Å². The second-order valence-corrected chi connectivity index (χ2v) is 8.07. The summed E-state index contributed by atoms with van der Waals surface area (Å²) in [7, 11) is 1.43. The average molecular weight is 418 g/mol. The summed E-state index contributed by atoms with van der Waals surface area (Å²) < 4.78 is 16.9. The zero-order valence-electron chi connectivity index (χ0n) is 17.7. The number of piperidine rings is 1. The molecule has 0 saturated carbocycles. The monoisotopic (exact) mass is 418 g/mol. The topological polar surface area (TPSA) is 60.9 Å². The van der Waals surface area contributed by atoms with Gasteiger partial charge >= 0.3 is 5.97 Å². The lowest BCUT2D eigenvalue weighted by Crippen LogP contribution is -2.45. The van der Waals surface area contributed by atoms with Gasteiger partial charge in [0.2, 0.25) is 0 Å². The molecule has 6 heteroatoms. The van der Waals surface area contributed by atoms with Gasteiger partial charge in [0.1, 0.15) is 0 Å². The number of hydrogen-bond acceptors (Lipinski definition) is 6. The number of carbonyl (C=O) groups is 1. The minimum absolute atomic E-state index is 0.358. The molecule has 2 aliphatic heterocycles. The Hall–Kier alpha value is -2.80. The van der Waals surface area contributed by atoms with Crippen molar-refractivity contribution in [2.75, 3.05) is 33.4 Å². The van der Waals surface area contributed by atoms with Gasteiger partial charge in [-0.05, 0) is 11.6 Å². The molecular formula is C25H26N2O4. The number of methoxy groups -OCH3 is 1. The van der Waals surface area contributed by atoms with Crippen molar-refractivity contribution in [2.45, 2.75) is 25.2 Å². The molecule has 2 aliphatic rings. The van der Waals surface area contributed by atoms with Crippen LogP contribution in [0, 0.1) is 0 Å². The quantitative estimate of drug-likeness (QED) is 0.597. The van der Waals surface area contributed by atoms with E-state index in [-0.39, 0.29) is 5.97 Å². The lowest BCUT2D eigenvalue weighted by atomic mass is 9.93. The minimum Gasteiger partial charge on any atom is -0.465 e. The van der Waals surface area contributed by atoms with E-state index in [4.69, 9.17) is 19.2 Å². The van der Waals surface area contributed by atoms with Crippen LogP contribution in [0.25, 0.3) is 22.0 Å². The molecule has 2 fully saturated rings. The number of nitrogens with zero attached hydrogens (tertiary/aromatic N) is 2. The van der Waals surface area contributed by atoms with Gasteiger partial charge < -0.3 is 14.2 Å². The van der Waals surface area contributed by atoms with Gasteiger partial charge in [0, 0.05) is 43.4 Å². The summed E-state index contributed by atoms with van der Waals surface area (Å²) in [6.07, 6.45) is 1.64. The number of para-hydroxylation sites is 1. The predicted octanol–water partition coefficient (Wildman–Crippen LogP) is 4.03. The first kappa shape index (κ1) is 20.1. The van der Waals surface area contributed by atoms with Gasteiger partial charge in [-0.15, -0.1) is 0 Å². The second kappa shape index (κ2) is 8.38. The number of benzene rings is 2. The summed E-state index contributed by atoms with van der Waals surface area (Å²) >= 11 is 0. The number of likely N-dealkylation sites (tertiary alicyclic amines) is 1. The van der Waals surface area contributed by atoms with Crippen molar-refractivity contribution in [2.24, 2.45) is 0 Å². The van der Waals surface area contributed by atoms with E-state index in [0.29, 0.717) is 25.3 Å². The Morgan fingerprint density at radius 3 is 2.42 bits per heavy atom. The molecular weight excluding hydrogens is 392 g/mol. The lowest BCUT2D eigenvalue weighted by Gasteiger charge is -2.37. The maximum Gasteiger partial charge on any atom is 0.340 e. The van der Waals surface area contributed by atoms with E-state index in [1.165, 1.54) is 7.11 Å². The molecule has 31 heavy (non-hydrogen) atoms. The van der Waals surface area contributed by atoms with Crippen LogP contribution < -0.4 is 0 Å². The molecule has 0 radical (unpaired) electrons. The Morgan fingerprint density at radius 1 is 1.03 bits per heavy atom. The molecule has 0 bridgehead atoms. The van der Waals surface area contributed by atoms with Crippen LogP contribution in [0.2, 0.25) is 0 Å². The predicted molar refractivity (Wildman–Crippen MR) is 118 cm³/mol. The molecule has 0 N–H and O–H groups in total. The van der Waals surface area contributed by atoms with E-state index in [2.05, 4.69) is 4.90 Å². The van der Waals surface area contributed by atoms with Crippen LogP contribution in [-0.4, -0.2) is 55.1 Å². The minimum atomic E-state index is -0.423. The Morgan fingerprint density at radius 2 is 1.71 bits per heavy atom. The zero-order valence-corrected chi connectivity index (χ0v) is 17.7. The molecule has 1 aromatic heterocycles. The Balaban J connectivity index is 1.57. The van der Waals surface area contributed by atoms with Crippen LogP contribution in [0.15, 0.2) is 54.6 Å². The van der Waals surface area contributed by atoms with Crippen molar-refractivity contribution in [3.05, 3.63) is 65.9 Å². The molecule has 2 aromatic carbocycles. The second-order valence-electron chi connectivity index (χ2n) is 8.07. The summed E-state index contributed by atoms with van der Waals surface area (Å²) in [4.78, 5) is 20.2. The largest absolute Gasteiger partial charge is 0.465 e. The van der Waals surface area contributed by atoms with Gasteiger partial charge in [-0.3, -0.25) is 9.88 Å². The summed E-state index contributed by atoms with van der Waals surface area (Å²) in [5, 5.41) is 0.947. The van der Waals surface area contributed by atoms with Gasteiger partial charge in [-0.2, -0.15) is 0 Å². The molecule has 0 amide bonds. The van der Waals surface area contributed by atoms with Gasteiger partial charge in [0.05, 0.1) is 37.1 Å². The van der Waals surface area contributed by atoms with E-state index in [1.807, 2.05) is 54.6 Å². The Bertz CT molecular complexity index is 1080. The maximum absolute atomic E-state index is 13.0. The number of ether oxygens (including phenoxy) is 3. The number of pyridine rings is 1. The maximum atomic E-state index is 13.0. The molecule has 2 saturated heterocycles. The van der Waals surface area contributed by atoms with Crippen molar-refractivity contribution in [3.63, 3.8) is 0 Å². The fourth-order valence-corrected chi connectivity index (χ4v) is 4.65. The van der Waals surface area contributed by atoms with Crippen molar-refractivity contribution in [3.8, 4) is 11.1 Å². The van der Waals surface area contributed by atoms with Gasteiger partial charge in [0.25, 0.3) is 0 Å². The fraction of sp³-hybridized carbons (Fsp3) is 0.360. The first-order valence-corrected chi connectivity index (χ1v) is 10.7. The molecule has 0 atom stereocenters. The molecule has 3 heterocycles. The fourth-order valence-electron chi connectivity index (χ4n) is 4.65. The van der Waals surface area contributed by atoms with Gasteiger partial charge in [-0.25, -0.2) is 4.79 Å². The highest BCUT2D eigenvalue weighted by Gasteiger charge is 2.40. The van der Waals surface area contributed by atoms with E-state index >= 15 is 0 Å². The normalized spacial score (nSPS) is 18.5. The first-order chi connectivity index (χ1) is 15.2. The van der Waals surface area contributed by atoms with E-state index in [0.717, 1.165) is 53.7 Å². The summed E-state index contributed by atoms with van der Waals surface area (Å²) in [6, 6.07) is 18.0. The molecule has 0 unspecified atom stereocenters. The lowest BCUT2D eigenvalue weighted by molar-refractivity contribution is -0.185. The number of carbonyl (C=O) groups excluding carboxylic acids is 1. The third-order valence-electron chi connectivity index (χ3n) is 6.22. The molecule has 5 rings (SSSR count). The summed E-state index contributed by atoms with van der Waals surface area (Å²) in [6.45, 7) is 3.56. The number of fused-ring (bicyclic) bond motifs is 1. The van der Waals surface area contributed by atoms with E-state index < -0.39 is 5.79 Å². The van der Waals surface area contributed by atoms with Gasteiger partial charge in [-0.1, -0.05) is 48.5 Å². The highest BCUT2D eigenvalue weighted by Crippen LogP contribution is 2.36.